The minimum Gasteiger partial charge on any atom is -0.393 e. The van der Waals surface area contributed by atoms with Crippen LogP contribution in [0.5, 0.6) is 0 Å². The van der Waals surface area contributed by atoms with Crippen LogP contribution in [0.3, 0.4) is 0 Å². The van der Waals surface area contributed by atoms with E-state index < -0.39 is 36.1 Å². The van der Waals surface area contributed by atoms with Crippen molar-refractivity contribution < 1.29 is 24.2 Å². The Balaban J connectivity index is 1.70. The Bertz CT molecular complexity index is 989. The van der Waals surface area contributed by atoms with Crippen molar-refractivity contribution in [2.45, 2.75) is 38.0 Å². The summed E-state index contributed by atoms with van der Waals surface area (Å²) in [5.74, 6) is -1.26. The number of hydrogen-bond donors (Lipinski definition) is 4. The highest BCUT2D eigenvalue weighted by molar-refractivity contribution is 6.00. The zero-order valence-electron chi connectivity index (χ0n) is 18.9. The van der Waals surface area contributed by atoms with Gasteiger partial charge in [0.05, 0.1) is 19.3 Å². The first-order chi connectivity index (χ1) is 15.8. The molecule has 0 unspecified atom stereocenters. The van der Waals surface area contributed by atoms with Crippen LogP contribution in [-0.2, 0) is 14.3 Å². The van der Waals surface area contributed by atoms with E-state index in [4.69, 9.17) is 10.5 Å². The monoisotopic (exact) mass is 453 g/mol. The number of benzene rings is 2. The number of nitrogens with one attached hydrogen (secondary N) is 2. The van der Waals surface area contributed by atoms with E-state index in [9.17, 15) is 19.5 Å². The van der Waals surface area contributed by atoms with Gasteiger partial charge >= 0.3 is 0 Å². The third kappa shape index (κ3) is 6.04. The molecule has 0 saturated carbocycles. The van der Waals surface area contributed by atoms with Crippen LogP contribution in [0, 0.1) is 5.92 Å². The van der Waals surface area contributed by atoms with Gasteiger partial charge < -0.3 is 26.2 Å². The van der Waals surface area contributed by atoms with E-state index in [1.54, 1.807) is 18.2 Å². The van der Waals surface area contributed by atoms with Gasteiger partial charge in [-0.15, -0.1) is 0 Å². The molecule has 2 aromatic carbocycles. The lowest BCUT2D eigenvalue weighted by molar-refractivity contribution is -0.132. The molecule has 8 nitrogen and oxygen atoms in total. The maximum atomic E-state index is 12.9. The van der Waals surface area contributed by atoms with Gasteiger partial charge in [0.2, 0.25) is 5.91 Å². The van der Waals surface area contributed by atoms with Gasteiger partial charge in [0.15, 0.2) is 11.4 Å². The first-order valence-corrected chi connectivity index (χ1v) is 11.1. The standard InChI is InChI=1S/C25H31N3O5/c1-16(2)11-20(22(30)25(14-29)15-33-25)27-24(32)21(13-26)28-23(31)19-10-6-9-18(12-19)17-7-4-3-5-8-17/h3-10,12,16,20-21,29H,11,13-15,26H2,1-2H3,(H,27,32)(H,28,31)/t20-,21-,25+/m0/s1. The fourth-order valence-corrected chi connectivity index (χ4v) is 3.64. The predicted octanol–water partition coefficient (Wildman–Crippen LogP) is 1.27. The third-order valence-electron chi connectivity index (χ3n) is 5.63. The van der Waals surface area contributed by atoms with Gasteiger partial charge in [-0.2, -0.15) is 0 Å². The van der Waals surface area contributed by atoms with Crippen LogP contribution >= 0.6 is 0 Å². The Hall–Kier alpha value is -3.07. The average molecular weight is 454 g/mol. The van der Waals surface area contributed by atoms with Gasteiger partial charge in [-0.05, 0) is 35.6 Å². The van der Waals surface area contributed by atoms with Crippen LogP contribution in [0.25, 0.3) is 11.1 Å². The number of Topliss-reactive ketones (excluding diaryl/α,β-unsaturated/α-hetero) is 1. The van der Waals surface area contributed by atoms with Gasteiger partial charge in [0.25, 0.3) is 5.91 Å². The number of aliphatic hydroxyl groups is 1. The van der Waals surface area contributed by atoms with Crippen molar-refractivity contribution in [2.75, 3.05) is 19.8 Å². The van der Waals surface area contributed by atoms with E-state index in [0.717, 1.165) is 11.1 Å². The van der Waals surface area contributed by atoms with E-state index in [-0.39, 0.29) is 24.9 Å². The molecule has 0 aromatic heterocycles. The summed E-state index contributed by atoms with van der Waals surface area (Å²) in [6, 6.07) is 14.9. The molecule has 1 aliphatic heterocycles. The summed E-state index contributed by atoms with van der Waals surface area (Å²) >= 11 is 0. The average Bonchev–Trinajstić information content (AvgIpc) is 3.63. The molecule has 0 aliphatic carbocycles. The summed E-state index contributed by atoms with van der Waals surface area (Å²) in [6.07, 6.45) is 0.375. The molecular weight excluding hydrogens is 422 g/mol. The number of ether oxygens (including phenoxy) is 1. The third-order valence-corrected chi connectivity index (χ3v) is 5.63. The fourth-order valence-electron chi connectivity index (χ4n) is 3.64. The lowest BCUT2D eigenvalue weighted by Crippen LogP contribution is -2.56. The number of hydrogen-bond acceptors (Lipinski definition) is 6. The van der Waals surface area contributed by atoms with E-state index in [1.807, 2.05) is 50.2 Å². The molecule has 8 heteroatoms. The second-order valence-corrected chi connectivity index (χ2v) is 8.70. The number of carbonyl (C=O) groups is 3. The highest BCUT2D eigenvalue weighted by atomic mass is 16.6. The molecule has 1 aliphatic rings. The fraction of sp³-hybridized carbons (Fsp3) is 0.400. The van der Waals surface area contributed by atoms with Gasteiger partial charge in [-0.3, -0.25) is 14.4 Å². The van der Waals surface area contributed by atoms with E-state index in [2.05, 4.69) is 10.6 Å². The highest BCUT2D eigenvalue weighted by Crippen LogP contribution is 2.30. The summed E-state index contributed by atoms with van der Waals surface area (Å²) in [7, 11) is 0. The largest absolute Gasteiger partial charge is 0.393 e. The van der Waals surface area contributed by atoms with Crippen LogP contribution in [0.4, 0.5) is 0 Å². The summed E-state index contributed by atoms with van der Waals surface area (Å²) in [5.41, 5.74) is 6.76. The normalized spacial score (nSPS) is 18.9. The SMILES string of the molecule is CC(C)C[C@H](NC(=O)[C@H](CN)NC(=O)c1cccc(-c2ccccc2)c1)C(=O)[C@@]1(CO)CO1. The molecule has 0 radical (unpaired) electrons. The highest BCUT2D eigenvalue weighted by Gasteiger charge is 2.54. The predicted molar refractivity (Wildman–Crippen MR) is 124 cm³/mol. The van der Waals surface area contributed by atoms with Crippen molar-refractivity contribution in [2.24, 2.45) is 11.7 Å². The van der Waals surface area contributed by atoms with Crippen LogP contribution in [-0.4, -0.2) is 60.1 Å². The Kier molecular flexibility index (Phi) is 7.97. The quantitative estimate of drug-likeness (QED) is 0.379. The minimum atomic E-state index is -1.24. The smallest absolute Gasteiger partial charge is 0.251 e. The van der Waals surface area contributed by atoms with Crippen molar-refractivity contribution >= 4 is 17.6 Å². The molecule has 1 heterocycles. The molecule has 3 atom stereocenters. The van der Waals surface area contributed by atoms with E-state index in [1.165, 1.54) is 0 Å². The molecule has 1 fully saturated rings. The number of rotatable bonds is 11. The Morgan fingerprint density at radius 2 is 1.70 bits per heavy atom. The Morgan fingerprint density at radius 3 is 2.27 bits per heavy atom. The lowest BCUT2D eigenvalue weighted by atomic mass is 9.92. The van der Waals surface area contributed by atoms with Crippen LogP contribution in [0.1, 0.15) is 30.6 Å². The van der Waals surface area contributed by atoms with Crippen LogP contribution in [0.2, 0.25) is 0 Å². The van der Waals surface area contributed by atoms with Crippen molar-refractivity contribution in [1.29, 1.82) is 0 Å². The van der Waals surface area contributed by atoms with Crippen LogP contribution in [0.15, 0.2) is 54.6 Å². The Labute approximate surface area is 193 Å². The molecule has 0 bridgehead atoms. The lowest BCUT2D eigenvalue weighted by Gasteiger charge is -2.25. The molecule has 0 spiro atoms. The summed E-state index contributed by atoms with van der Waals surface area (Å²) in [4.78, 5) is 38.6. The summed E-state index contributed by atoms with van der Waals surface area (Å²) in [5, 5.41) is 14.9. The maximum absolute atomic E-state index is 12.9. The molecule has 5 N–H and O–H groups in total. The molecule has 2 amide bonds. The molecule has 3 rings (SSSR count). The zero-order chi connectivity index (χ0) is 24.0. The van der Waals surface area contributed by atoms with Crippen LogP contribution < -0.4 is 16.4 Å². The van der Waals surface area contributed by atoms with Gasteiger partial charge in [-0.1, -0.05) is 56.3 Å². The van der Waals surface area contributed by atoms with E-state index >= 15 is 0 Å². The van der Waals surface area contributed by atoms with E-state index in [0.29, 0.717) is 12.0 Å². The molecule has 2 aromatic rings. The minimum absolute atomic E-state index is 0.111. The number of epoxide rings is 1. The molecule has 176 valence electrons. The van der Waals surface area contributed by atoms with Gasteiger partial charge in [0, 0.05) is 12.1 Å². The number of aliphatic hydroxyl groups excluding tert-OH is 1. The second kappa shape index (κ2) is 10.7. The number of amides is 2. The van der Waals surface area contributed by atoms with Crippen molar-refractivity contribution in [3.8, 4) is 11.1 Å². The number of nitrogens with two attached hydrogens (primary N) is 1. The second-order valence-electron chi connectivity index (χ2n) is 8.70. The summed E-state index contributed by atoms with van der Waals surface area (Å²) < 4.78 is 5.16. The van der Waals surface area contributed by atoms with Crippen molar-refractivity contribution in [1.82, 2.24) is 10.6 Å². The number of ketones is 1. The first kappa shape index (κ1) is 24.6. The molecule has 33 heavy (non-hydrogen) atoms. The van der Waals surface area contributed by atoms with Gasteiger partial charge in [-0.25, -0.2) is 0 Å². The van der Waals surface area contributed by atoms with Crippen molar-refractivity contribution in [3.05, 3.63) is 60.2 Å². The Morgan fingerprint density at radius 1 is 1.03 bits per heavy atom. The van der Waals surface area contributed by atoms with Crippen molar-refractivity contribution in [3.63, 3.8) is 0 Å². The molecule has 1 saturated heterocycles. The zero-order valence-corrected chi connectivity index (χ0v) is 18.9. The number of carbonyl (C=O) groups excluding carboxylic acids is 3. The molecular formula is C25H31N3O5. The van der Waals surface area contributed by atoms with Gasteiger partial charge in [0.1, 0.15) is 6.04 Å². The summed E-state index contributed by atoms with van der Waals surface area (Å²) in [6.45, 7) is 3.40. The first-order valence-electron chi connectivity index (χ1n) is 11.1. The topological polar surface area (TPSA) is 134 Å². The maximum Gasteiger partial charge on any atom is 0.251 e.